The fourth-order valence-corrected chi connectivity index (χ4v) is 1.70. The zero-order valence-electron chi connectivity index (χ0n) is 8.66. The molecule has 0 fully saturated rings. The summed E-state index contributed by atoms with van der Waals surface area (Å²) in [6.07, 6.45) is 0. The lowest BCUT2D eigenvalue weighted by Crippen LogP contribution is -1.98. The van der Waals surface area contributed by atoms with Gasteiger partial charge in [-0.1, -0.05) is 11.6 Å². The quantitative estimate of drug-likeness (QED) is 0.845. The van der Waals surface area contributed by atoms with Crippen LogP contribution in [0.15, 0.2) is 30.3 Å². The Morgan fingerprint density at radius 1 is 1.27 bits per heavy atom. The molecule has 0 aliphatic heterocycles. The lowest BCUT2D eigenvalue weighted by atomic mass is 10.3. The molecule has 0 atom stereocenters. The van der Waals surface area contributed by atoms with Crippen LogP contribution >= 0.6 is 11.6 Å². The van der Waals surface area contributed by atoms with Gasteiger partial charge in [0.05, 0.1) is 5.69 Å². The second-order valence-corrected chi connectivity index (χ2v) is 3.70. The van der Waals surface area contributed by atoms with Crippen molar-refractivity contribution in [3.8, 4) is 5.69 Å². The maximum atomic E-state index is 5.83. The van der Waals surface area contributed by atoms with Gasteiger partial charge in [0, 0.05) is 18.4 Å². The van der Waals surface area contributed by atoms with Crippen molar-refractivity contribution in [3.63, 3.8) is 0 Å². The number of halogens is 1. The third-order valence-electron chi connectivity index (χ3n) is 2.26. The first-order chi connectivity index (χ1) is 7.20. The molecule has 0 saturated heterocycles. The van der Waals surface area contributed by atoms with E-state index in [1.54, 1.807) is 0 Å². The molecular formula is C11H12ClN3. The Labute approximate surface area is 93.7 Å². The van der Waals surface area contributed by atoms with Gasteiger partial charge in [-0.3, -0.25) is 0 Å². The molecular weight excluding hydrogens is 210 g/mol. The summed E-state index contributed by atoms with van der Waals surface area (Å²) in [5, 5.41) is 7.79. The van der Waals surface area contributed by atoms with Crippen LogP contribution in [0.5, 0.6) is 0 Å². The highest BCUT2D eigenvalue weighted by molar-refractivity contribution is 6.29. The van der Waals surface area contributed by atoms with Crippen LogP contribution in [-0.4, -0.2) is 16.8 Å². The van der Waals surface area contributed by atoms with Gasteiger partial charge in [-0.2, -0.15) is 5.10 Å². The van der Waals surface area contributed by atoms with Gasteiger partial charge in [-0.15, -0.1) is 0 Å². The summed E-state index contributed by atoms with van der Waals surface area (Å²) in [5.74, 6) is 0. The molecule has 0 aliphatic rings. The van der Waals surface area contributed by atoms with Gasteiger partial charge >= 0.3 is 0 Å². The van der Waals surface area contributed by atoms with Gasteiger partial charge in [0.2, 0.25) is 0 Å². The molecule has 1 heterocycles. The molecule has 15 heavy (non-hydrogen) atoms. The third-order valence-corrected chi connectivity index (χ3v) is 2.44. The summed E-state index contributed by atoms with van der Waals surface area (Å²) in [6.45, 7) is 1.98. The minimum atomic E-state index is 0.519. The smallest absolute Gasteiger partial charge is 0.151 e. The van der Waals surface area contributed by atoms with Gasteiger partial charge in [0.15, 0.2) is 5.15 Å². The van der Waals surface area contributed by atoms with E-state index in [2.05, 4.69) is 10.4 Å². The summed E-state index contributed by atoms with van der Waals surface area (Å²) in [6, 6.07) is 9.85. The summed E-state index contributed by atoms with van der Waals surface area (Å²) < 4.78 is 1.82. The van der Waals surface area contributed by atoms with E-state index in [1.807, 2.05) is 49.0 Å². The molecule has 0 spiro atoms. The third kappa shape index (κ3) is 1.97. The molecule has 0 bridgehead atoms. The molecule has 0 unspecified atom stereocenters. The number of nitrogens with one attached hydrogen (secondary N) is 1. The zero-order valence-corrected chi connectivity index (χ0v) is 9.42. The first kappa shape index (κ1) is 10.1. The van der Waals surface area contributed by atoms with Crippen LogP contribution < -0.4 is 5.32 Å². The predicted molar refractivity (Wildman–Crippen MR) is 62.9 cm³/mol. The highest BCUT2D eigenvalue weighted by Gasteiger charge is 2.03. The van der Waals surface area contributed by atoms with Crippen molar-refractivity contribution in [1.82, 2.24) is 9.78 Å². The molecule has 78 valence electrons. The largest absolute Gasteiger partial charge is 0.388 e. The van der Waals surface area contributed by atoms with Crippen molar-refractivity contribution < 1.29 is 0 Å². The Morgan fingerprint density at radius 3 is 2.40 bits per heavy atom. The molecule has 0 saturated carbocycles. The summed E-state index contributed by atoms with van der Waals surface area (Å²) in [5.41, 5.74) is 3.12. The van der Waals surface area contributed by atoms with E-state index in [4.69, 9.17) is 11.6 Å². The fourth-order valence-electron chi connectivity index (χ4n) is 1.47. The van der Waals surface area contributed by atoms with Crippen molar-refractivity contribution in [2.24, 2.45) is 0 Å². The van der Waals surface area contributed by atoms with Crippen LogP contribution in [0.2, 0.25) is 5.15 Å². The minimum Gasteiger partial charge on any atom is -0.388 e. The van der Waals surface area contributed by atoms with E-state index in [1.165, 1.54) is 0 Å². The Bertz CT molecular complexity index is 459. The molecule has 0 amide bonds. The number of nitrogens with zero attached hydrogens (tertiary/aromatic N) is 2. The molecule has 0 radical (unpaired) electrons. The molecule has 1 aromatic heterocycles. The van der Waals surface area contributed by atoms with Gasteiger partial charge in [-0.25, -0.2) is 4.68 Å². The van der Waals surface area contributed by atoms with Crippen molar-refractivity contribution in [1.29, 1.82) is 0 Å². The van der Waals surface area contributed by atoms with Crippen LogP contribution in [0.25, 0.3) is 5.69 Å². The van der Waals surface area contributed by atoms with Gasteiger partial charge in [0.25, 0.3) is 0 Å². The average molecular weight is 222 g/mol. The molecule has 3 nitrogen and oxygen atoms in total. The second-order valence-electron chi connectivity index (χ2n) is 3.32. The number of anilines is 1. The van der Waals surface area contributed by atoms with Crippen LogP contribution in [-0.2, 0) is 0 Å². The number of hydrogen-bond acceptors (Lipinski definition) is 2. The van der Waals surface area contributed by atoms with Crippen molar-refractivity contribution in [3.05, 3.63) is 41.2 Å². The predicted octanol–water partition coefficient (Wildman–Crippen LogP) is 2.88. The molecule has 0 aliphatic carbocycles. The first-order valence-electron chi connectivity index (χ1n) is 4.71. The molecule has 2 aromatic rings. The SMILES string of the molecule is CNc1ccc(-n2nc(Cl)cc2C)cc1. The van der Waals surface area contributed by atoms with E-state index in [-0.39, 0.29) is 0 Å². The van der Waals surface area contributed by atoms with Crippen molar-refractivity contribution >= 4 is 17.3 Å². The number of hydrogen-bond donors (Lipinski definition) is 1. The summed E-state index contributed by atoms with van der Waals surface area (Å²) in [7, 11) is 1.89. The number of rotatable bonds is 2. The van der Waals surface area contributed by atoms with Gasteiger partial charge < -0.3 is 5.32 Å². The topological polar surface area (TPSA) is 29.9 Å². The van der Waals surface area contributed by atoms with Crippen LogP contribution in [0.4, 0.5) is 5.69 Å². The molecule has 4 heteroatoms. The van der Waals surface area contributed by atoms with E-state index in [9.17, 15) is 0 Å². The maximum absolute atomic E-state index is 5.83. The highest BCUT2D eigenvalue weighted by atomic mass is 35.5. The lowest BCUT2D eigenvalue weighted by Gasteiger charge is -2.05. The van der Waals surface area contributed by atoms with E-state index >= 15 is 0 Å². The summed E-state index contributed by atoms with van der Waals surface area (Å²) in [4.78, 5) is 0. The summed E-state index contributed by atoms with van der Waals surface area (Å²) >= 11 is 5.83. The highest BCUT2D eigenvalue weighted by Crippen LogP contribution is 2.16. The average Bonchev–Trinajstić information content (AvgIpc) is 2.58. The van der Waals surface area contributed by atoms with Crippen LogP contribution in [0.3, 0.4) is 0 Å². The molecule has 2 rings (SSSR count). The molecule has 1 N–H and O–H groups in total. The van der Waals surface area contributed by atoms with E-state index < -0.39 is 0 Å². The Morgan fingerprint density at radius 2 is 1.93 bits per heavy atom. The molecule has 1 aromatic carbocycles. The van der Waals surface area contributed by atoms with Crippen molar-refractivity contribution in [2.75, 3.05) is 12.4 Å². The Hall–Kier alpha value is -1.48. The Balaban J connectivity index is 2.41. The van der Waals surface area contributed by atoms with Gasteiger partial charge in [0.1, 0.15) is 0 Å². The lowest BCUT2D eigenvalue weighted by molar-refractivity contribution is 0.847. The van der Waals surface area contributed by atoms with Crippen molar-refractivity contribution in [2.45, 2.75) is 6.92 Å². The Kier molecular flexibility index (Phi) is 2.64. The number of aryl methyl sites for hydroxylation is 1. The first-order valence-corrected chi connectivity index (χ1v) is 5.09. The van der Waals surface area contributed by atoms with Crippen LogP contribution in [0.1, 0.15) is 5.69 Å². The monoisotopic (exact) mass is 221 g/mol. The minimum absolute atomic E-state index is 0.519. The number of aromatic nitrogens is 2. The maximum Gasteiger partial charge on any atom is 0.151 e. The van der Waals surface area contributed by atoms with Gasteiger partial charge in [-0.05, 0) is 37.3 Å². The standard InChI is InChI=1S/C11H12ClN3/c1-8-7-11(12)14-15(8)10-5-3-9(13-2)4-6-10/h3-7,13H,1-2H3. The van der Waals surface area contributed by atoms with Crippen LogP contribution in [0, 0.1) is 6.92 Å². The van der Waals surface area contributed by atoms with E-state index in [0.29, 0.717) is 5.15 Å². The van der Waals surface area contributed by atoms with E-state index in [0.717, 1.165) is 17.1 Å². The fraction of sp³-hybridized carbons (Fsp3) is 0.182. The number of benzene rings is 1. The zero-order chi connectivity index (χ0) is 10.8. The normalized spacial score (nSPS) is 10.3. The second kappa shape index (κ2) is 3.95.